The number of ether oxygens (including phenoxy) is 2. The van der Waals surface area contributed by atoms with Crippen LogP contribution in [0.2, 0.25) is 5.02 Å². The Morgan fingerprint density at radius 3 is 2.68 bits per heavy atom. The molecule has 0 aliphatic heterocycles. The molecule has 1 heterocycles. The number of nitrogens with zero attached hydrogens (tertiary/aromatic N) is 2. The average molecular weight is 418 g/mol. The summed E-state index contributed by atoms with van der Waals surface area (Å²) in [4.78, 5) is 16.8. The highest BCUT2D eigenvalue weighted by Gasteiger charge is 2.14. The van der Waals surface area contributed by atoms with Crippen molar-refractivity contribution in [1.29, 1.82) is 0 Å². The van der Waals surface area contributed by atoms with Gasteiger partial charge in [-0.05, 0) is 42.8 Å². The summed E-state index contributed by atoms with van der Waals surface area (Å²) in [6.45, 7) is 2.01. The Labute approximate surface area is 172 Å². The number of aryl methyl sites for hydroxylation is 1. The molecule has 2 aromatic carbocycles. The zero-order valence-electron chi connectivity index (χ0n) is 15.7. The summed E-state index contributed by atoms with van der Waals surface area (Å²) in [6, 6.07) is 11.0. The second-order valence-electron chi connectivity index (χ2n) is 5.94. The molecule has 0 aliphatic rings. The van der Waals surface area contributed by atoms with Gasteiger partial charge in [-0.2, -0.15) is 0 Å². The molecular weight excluding hydrogens is 398 g/mol. The smallest absolute Gasteiger partial charge is 0.234 e. The normalized spacial score (nSPS) is 10.6. The molecule has 1 amide bonds. The van der Waals surface area contributed by atoms with Crippen molar-refractivity contribution < 1.29 is 14.3 Å². The molecule has 3 aromatic rings. The van der Waals surface area contributed by atoms with Gasteiger partial charge < -0.3 is 14.8 Å². The number of hydrogen-bond acceptors (Lipinski definition) is 5. The van der Waals surface area contributed by atoms with E-state index < -0.39 is 0 Å². The van der Waals surface area contributed by atoms with Gasteiger partial charge in [0, 0.05) is 17.4 Å². The standard InChI is InChI=1S/C20H20ClN3O3S/c1-13-4-6-18(27-3)16(10-13)24-9-8-22-20(24)28-12-19(25)23-15-11-14(21)5-7-17(15)26-2/h4-11H,12H2,1-3H3,(H,23,25). The Kier molecular flexibility index (Phi) is 6.49. The van der Waals surface area contributed by atoms with Gasteiger partial charge >= 0.3 is 0 Å². The van der Waals surface area contributed by atoms with Gasteiger partial charge in [-0.3, -0.25) is 9.36 Å². The molecule has 146 valence electrons. The van der Waals surface area contributed by atoms with Crippen LogP contribution >= 0.6 is 23.4 Å². The zero-order chi connectivity index (χ0) is 20.1. The van der Waals surface area contributed by atoms with E-state index in [0.717, 1.165) is 17.0 Å². The van der Waals surface area contributed by atoms with E-state index in [1.165, 1.54) is 11.8 Å². The van der Waals surface area contributed by atoms with Crippen molar-refractivity contribution in [1.82, 2.24) is 9.55 Å². The first-order valence-corrected chi connectivity index (χ1v) is 9.82. The van der Waals surface area contributed by atoms with Gasteiger partial charge in [0.25, 0.3) is 0 Å². The van der Waals surface area contributed by atoms with Gasteiger partial charge in [-0.15, -0.1) is 0 Å². The number of thioether (sulfide) groups is 1. The van der Waals surface area contributed by atoms with Crippen LogP contribution in [0.3, 0.4) is 0 Å². The van der Waals surface area contributed by atoms with E-state index in [2.05, 4.69) is 10.3 Å². The lowest BCUT2D eigenvalue weighted by Crippen LogP contribution is -2.15. The minimum absolute atomic E-state index is 0.181. The number of amides is 1. The Balaban J connectivity index is 1.73. The molecule has 28 heavy (non-hydrogen) atoms. The number of rotatable bonds is 7. The molecule has 0 saturated carbocycles. The maximum atomic E-state index is 12.4. The number of aromatic nitrogens is 2. The molecule has 6 nitrogen and oxygen atoms in total. The van der Waals surface area contributed by atoms with Crippen LogP contribution in [0.5, 0.6) is 11.5 Å². The summed E-state index contributed by atoms with van der Waals surface area (Å²) in [7, 11) is 3.17. The van der Waals surface area contributed by atoms with Gasteiger partial charge in [-0.25, -0.2) is 4.98 Å². The topological polar surface area (TPSA) is 65.4 Å². The van der Waals surface area contributed by atoms with E-state index in [-0.39, 0.29) is 11.7 Å². The molecule has 0 atom stereocenters. The van der Waals surface area contributed by atoms with E-state index in [1.807, 2.05) is 35.9 Å². The minimum Gasteiger partial charge on any atom is -0.495 e. The van der Waals surface area contributed by atoms with Crippen LogP contribution in [0.1, 0.15) is 5.56 Å². The molecule has 0 fully saturated rings. The lowest BCUT2D eigenvalue weighted by atomic mass is 10.2. The zero-order valence-corrected chi connectivity index (χ0v) is 17.3. The van der Waals surface area contributed by atoms with Crippen molar-refractivity contribution in [3.05, 3.63) is 59.4 Å². The Morgan fingerprint density at radius 2 is 1.93 bits per heavy atom. The predicted molar refractivity (Wildman–Crippen MR) is 112 cm³/mol. The van der Waals surface area contributed by atoms with Crippen LogP contribution in [0.4, 0.5) is 5.69 Å². The molecular formula is C20H20ClN3O3S. The molecule has 8 heteroatoms. The largest absolute Gasteiger partial charge is 0.495 e. The first-order chi connectivity index (χ1) is 13.5. The molecule has 0 spiro atoms. The number of halogens is 1. The fourth-order valence-electron chi connectivity index (χ4n) is 2.66. The second kappa shape index (κ2) is 9.03. The van der Waals surface area contributed by atoms with E-state index >= 15 is 0 Å². The summed E-state index contributed by atoms with van der Waals surface area (Å²) >= 11 is 7.34. The third-order valence-electron chi connectivity index (χ3n) is 3.97. The number of carbonyl (C=O) groups is 1. The highest BCUT2D eigenvalue weighted by molar-refractivity contribution is 7.99. The summed E-state index contributed by atoms with van der Waals surface area (Å²) in [5.41, 5.74) is 2.51. The first kappa shape index (κ1) is 20.1. The summed E-state index contributed by atoms with van der Waals surface area (Å²) in [5.74, 6) is 1.28. The van der Waals surface area contributed by atoms with Gasteiger partial charge in [0.2, 0.25) is 5.91 Å². The van der Waals surface area contributed by atoms with Crippen molar-refractivity contribution in [3.63, 3.8) is 0 Å². The van der Waals surface area contributed by atoms with Gasteiger partial charge in [0.05, 0.1) is 31.3 Å². The maximum absolute atomic E-state index is 12.4. The van der Waals surface area contributed by atoms with Crippen LogP contribution < -0.4 is 14.8 Å². The molecule has 1 N–H and O–H groups in total. The quantitative estimate of drug-likeness (QED) is 0.570. The van der Waals surface area contributed by atoms with Gasteiger partial charge in [-0.1, -0.05) is 29.4 Å². The monoisotopic (exact) mass is 417 g/mol. The SMILES string of the molecule is COc1ccc(Cl)cc1NC(=O)CSc1nccn1-c1cc(C)ccc1OC. The van der Waals surface area contributed by atoms with Crippen molar-refractivity contribution >= 4 is 35.0 Å². The Hall–Kier alpha value is -2.64. The van der Waals surface area contributed by atoms with Gasteiger partial charge in [0.1, 0.15) is 11.5 Å². The number of methoxy groups -OCH3 is 2. The molecule has 0 unspecified atom stereocenters. The lowest BCUT2D eigenvalue weighted by molar-refractivity contribution is -0.113. The van der Waals surface area contributed by atoms with Gasteiger partial charge in [0.15, 0.2) is 5.16 Å². The number of imidazole rings is 1. The molecule has 0 bridgehead atoms. The number of nitrogens with one attached hydrogen (secondary N) is 1. The van der Waals surface area contributed by atoms with E-state index in [4.69, 9.17) is 21.1 Å². The average Bonchev–Trinajstić information content (AvgIpc) is 3.15. The Morgan fingerprint density at radius 1 is 1.18 bits per heavy atom. The van der Waals surface area contributed by atoms with Crippen LogP contribution in [0.25, 0.3) is 5.69 Å². The molecule has 1 aromatic heterocycles. The highest BCUT2D eigenvalue weighted by Crippen LogP contribution is 2.30. The lowest BCUT2D eigenvalue weighted by Gasteiger charge is -2.13. The summed E-state index contributed by atoms with van der Waals surface area (Å²) < 4.78 is 12.6. The third-order valence-corrected chi connectivity index (χ3v) is 5.17. The van der Waals surface area contributed by atoms with Crippen molar-refractivity contribution in [2.45, 2.75) is 12.1 Å². The summed E-state index contributed by atoms with van der Waals surface area (Å²) in [6.07, 6.45) is 3.54. The molecule has 0 aliphatic carbocycles. The fourth-order valence-corrected chi connectivity index (χ4v) is 3.60. The fraction of sp³-hybridized carbons (Fsp3) is 0.200. The van der Waals surface area contributed by atoms with E-state index in [1.54, 1.807) is 38.6 Å². The Bertz CT molecular complexity index is 991. The highest BCUT2D eigenvalue weighted by atomic mass is 35.5. The van der Waals surface area contributed by atoms with Crippen LogP contribution in [0.15, 0.2) is 53.9 Å². The van der Waals surface area contributed by atoms with Crippen molar-refractivity contribution in [2.75, 3.05) is 25.3 Å². The van der Waals surface area contributed by atoms with Crippen molar-refractivity contribution in [3.8, 4) is 17.2 Å². The summed E-state index contributed by atoms with van der Waals surface area (Å²) in [5, 5.41) is 4.04. The van der Waals surface area contributed by atoms with Crippen LogP contribution in [-0.2, 0) is 4.79 Å². The second-order valence-corrected chi connectivity index (χ2v) is 7.32. The van der Waals surface area contributed by atoms with E-state index in [0.29, 0.717) is 21.6 Å². The number of carbonyl (C=O) groups excluding carboxylic acids is 1. The minimum atomic E-state index is -0.184. The number of hydrogen-bond donors (Lipinski definition) is 1. The van der Waals surface area contributed by atoms with E-state index in [9.17, 15) is 4.79 Å². The molecule has 3 rings (SSSR count). The predicted octanol–water partition coefficient (Wildman–Crippen LogP) is 4.58. The molecule has 0 saturated heterocycles. The maximum Gasteiger partial charge on any atom is 0.234 e. The first-order valence-electron chi connectivity index (χ1n) is 8.46. The third kappa shape index (κ3) is 4.61. The van der Waals surface area contributed by atoms with Crippen LogP contribution in [0, 0.1) is 6.92 Å². The number of anilines is 1. The number of benzene rings is 2. The van der Waals surface area contributed by atoms with Crippen LogP contribution in [-0.4, -0.2) is 35.4 Å². The van der Waals surface area contributed by atoms with Crippen molar-refractivity contribution in [2.24, 2.45) is 0 Å². The molecule has 0 radical (unpaired) electrons.